The number of amides is 1. The number of hydrogen-bond donors (Lipinski definition) is 1. The monoisotopic (exact) mass is 270 g/mol. The third kappa shape index (κ3) is 3.12. The molecule has 0 atom stereocenters. The number of benzene rings is 2. The maximum absolute atomic E-state index is 12.0. The predicted molar refractivity (Wildman–Crippen MR) is 75.3 cm³/mol. The first-order valence-corrected chi connectivity index (χ1v) is 6.05. The first kappa shape index (κ1) is 13.1. The van der Waals surface area contributed by atoms with Gasteiger partial charge >= 0.3 is 0 Å². The zero-order valence-electron chi connectivity index (χ0n) is 10.3. The molecule has 2 rings (SSSR count). The molecule has 19 heavy (non-hydrogen) atoms. The molecule has 0 fully saturated rings. The molecule has 0 aliphatic carbocycles. The minimum absolute atomic E-state index is 0.253. The minimum Gasteiger partial charge on any atom is -0.322 e. The molecule has 0 aromatic heterocycles. The zero-order chi connectivity index (χ0) is 13.8. The van der Waals surface area contributed by atoms with Crippen LogP contribution in [-0.2, 0) is 0 Å². The van der Waals surface area contributed by atoms with Gasteiger partial charge in [0.2, 0.25) is 0 Å². The van der Waals surface area contributed by atoms with E-state index < -0.39 is 0 Å². The molecule has 0 saturated carbocycles. The first-order valence-electron chi connectivity index (χ1n) is 5.68. The van der Waals surface area contributed by atoms with E-state index in [0.29, 0.717) is 21.8 Å². The number of carbonyl (C=O) groups excluding carboxylic acids is 1. The van der Waals surface area contributed by atoms with Crippen molar-refractivity contribution >= 4 is 23.2 Å². The summed E-state index contributed by atoms with van der Waals surface area (Å²) in [4.78, 5) is 12.0. The Labute approximate surface area is 116 Å². The van der Waals surface area contributed by atoms with Crippen molar-refractivity contribution in [2.45, 2.75) is 6.92 Å². The van der Waals surface area contributed by atoms with Crippen molar-refractivity contribution in [2.24, 2.45) is 0 Å². The molecule has 3 nitrogen and oxygen atoms in total. The van der Waals surface area contributed by atoms with Crippen LogP contribution >= 0.6 is 11.6 Å². The second-order valence-corrected chi connectivity index (χ2v) is 4.52. The van der Waals surface area contributed by atoms with Gasteiger partial charge in [-0.25, -0.2) is 0 Å². The highest BCUT2D eigenvalue weighted by molar-refractivity contribution is 6.31. The molecule has 0 unspecified atom stereocenters. The van der Waals surface area contributed by atoms with Crippen LogP contribution in [0.2, 0.25) is 5.02 Å². The molecule has 1 amide bonds. The maximum atomic E-state index is 12.0. The van der Waals surface area contributed by atoms with Crippen molar-refractivity contribution in [3.05, 3.63) is 64.2 Å². The van der Waals surface area contributed by atoms with Crippen molar-refractivity contribution in [2.75, 3.05) is 5.32 Å². The van der Waals surface area contributed by atoms with Crippen LogP contribution in [0.1, 0.15) is 21.5 Å². The highest BCUT2D eigenvalue weighted by Crippen LogP contribution is 2.18. The van der Waals surface area contributed by atoms with E-state index >= 15 is 0 Å². The lowest BCUT2D eigenvalue weighted by molar-refractivity contribution is 0.102. The fraction of sp³-hybridized carbons (Fsp3) is 0.0667. The van der Waals surface area contributed by atoms with Crippen LogP contribution in [-0.4, -0.2) is 5.91 Å². The summed E-state index contributed by atoms with van der Waals surface area (Å²) in [6.07, 6.45) is 0. The van der Waals surface area contributed by atoms with Crippen LogP contribution in [0.4, 0.5) is 5.69 Å². The van der Waals surface area contributed by atoms with Gasteiger partial charge in [-0.2, -0.15) is 5.26 Å². The highest BCUT2D eigenvalue weighted by atomic mass is 35.5. The Morgan fingerprint density at radius 2 is 2.05 bits per heavy atom. The number of aryl methyl sites for hydroxylation is 1. The zero-order valence-corrected chi connectivity index (χ0v) is 11.0. The fourth-order valence-electron chi connectivity index (χ4n) is 1.60. The van der Waals surface area contributed by atoms with Gasteiger partial charge < -0.3 is 5.32 Å². The molecular weight excluding hydrogens is 260 g/mol. The summed E-state index contributed by atoms with van der Waals surface area (Å²) in [7, 11) is 0. The molecule has 0 radical (unpaired) electrons. The molecule has 2 aromatic carbocycles. The van der Waals surface area contributed by atoms with Gasteiger partial charge in [0, 0.05) is 16.3 Å². The summed E-state index contributed by atoms with van der Waals surface area (Å²) >= 11 is 5.99. The van der Waals surface area contributed by atoms with Gasteiger partial charge in [0.05, 0.1) is 11.6 Å². The van der Waals surface area contributed by atoms with Crippen molar-refractivity contribution in [3.8, 4) is 6.07 Å². The van der Waals surface area contributed by atoms with Gasteiger partial charge in [-0.15, -0.1) is 0 Å². The standard InChI is InChI=1S/C15H11ClN2O/c1-10-5-6-12(8-14(10)16)15(19)18-13-4-2-3-11(7-13)9-17/h2-8H,1H3,(H,18,19). The minimum atomic E-state index is -0.253. The Kier molecular flexibility index (Phi) is 3.84. The molecule has 0 bridgehead atoms. The molecule has 2 aromatic rings. The number of nitrogens with one attached hydrogen (secondary N) is 1. The molecular formula is C15H11ClN2O. The summed E-state index contributed by atoms with van der Waals surface area (Å²) in [6, 6.07) is 13.9. The quantitative estimate of drug-likeness (QED) is 0.903. The van der Waals surface area contributed by atoms with E-state index in [-0.39, 0.29) is 5.91 Å². The summed E-state index contributed by atoms with van der Waals surface area (Å²) < 4.78 is 0. The SMILES string of the molecule is Cc1ccc(C(=O)Nc2cccc(C#N)c2)cc1Cl. The number of rotatable bonds is 2. The smallest absolute Gasteiger partial charge is 0.255 e. The third-order valence-electron chi connectivity index (χ3n) is 2.68. The average Bonchev–Trinajstić information content (AvgIpc) is 2.42. The highest BCUT2D eigenvalue weighted by Gasteiger charge is 2.08. The lowest BCUT2D eigenvalue weighted by Gasteiger charge is -2.06. The van der Waals surface area contributed by atoms with Gasteiger partial charge in [-0.1, -0.05) is 23.7 Å². The van der Waals surface area contributed by atoms with E-state index in [2.05, 4.69) is 5.32 Å². The van der Waals surface area contributed by atoms with Gasteiger partial charge in [0.25, 0.3) is 5.91 Å². The number of anilines is 1. The van der Waals surface area contributed by atoms with E-state index in [1.165, 1.54) is 0 Å². The lowest BCUT2D eigenvalue weighted by atomic mass is 10.1. The molecule has 4 heteroatoms. The van der Waals surface area contributed by atoms with E-state index in [1.807, 2.05) is 13.0 Å². The van der Waals surface area contributed by atoms with Gasteiger partial charge in [-0.3, -0.25) is 4.79 Å². The second kappa shape index (κ2) is 5.55. The fourth-order valence-corrected chi connectivity index (χ4v) is 1.78. The van der Waals surface area contributed by atoms with Crippen LogP contribution in [0.5, 0.6) is 0 Å². The third-order valence-corrected chi connectivity index (χ3v) is 3.09. The molecule has 0 aliphatic rings. The van der Waals surface area contributed by atoms with E-state index in [9.17, 15) is 4.79 Å². The molecule has 0 aliphatic heterocycles. The average molecular weight is 271 g/mol. The number of halogens is 1. The van der Waals surface area contributed by atoms with Crippen molar-refractivity contribution in [1.29, 1.82) is 5.26 Å². The van der Waals surface area contributed by atoms with Crippen LogP contribution in [0, 0.1) is 18.3 Å². The van der Waals surface area contributed by atoms with E-state index in [4.69, 9.17) is 16.9 Å². The largest absolute Gasteiger partial charge is 0.322 e. The second-order valence-electron chi connectivity index (χ2n) is 4.11. The van der Waals surface area contributed by atoms with Crippen molar-refractivity contribution in [3.63, 3.8) is 0 Å². The van der Waals surface area contributed by atoms with Gasteiger partial charge in [-0.05, 0) is 42.8 Å². The molecule has 0 spiro atoms. The van der Waals surface area contributed by atoms with Crippen LogP contribution in [0.3, 0.4) is 0 Å². The predicted octanol–water partition coefficient (Wildman–Crippen LogP) is 3.77. The van der Waals surface area contributed by atoms with Crippen LogP contribution in [0.25, 0.3) is 0 Å². The maximum Gasteiger partial charge on any atom is 0.255 e. The van der Waals surface area contributed by atoms with Crippen LogP contribution < -0.4 is 5.32 Å². The Morgan fingerprint density at radius 1 is 1.26 bits per heavy atom. The Bertz CT molecular complexity index is 674. The van der Waals surface area contributed by atoms with Crippen molar-refractivity contribution in [1.82, 2.24) is 0 Å². The summed E-state index contributed by atoms with van der Waals surface area (Å²) in [5, 5.41) is 12.1. The van der Waals surface area contributed by atoms with Gasteiger partial charge in [0.15, 0.2) is 0 Å². The van der Waals surface area contributed by atoms with Crippen LogP contribution in [0.15, 0.2) is 42.5 Å². The number of carbonyl (C=O) groups is 1. The number of hydrogen-bond acceptors (Lipinski definition) is 2. The van der Waals surface area contributed by atoms with E-state index in [0.717, 1.165) is 5.56 Å². The first-order chi connectivity index (χ1) is 9.10. The Hall–Kier alpha value is -2.31. The normalized spacial score (nSPS) is 9.74. The number of nitriles is 1. The van der Waals surface area contributed by atoms with Gasteiger partial charge in [0.1, 0.15) is 0 Å². The summed E-state index contributed by atoms with van der Waals surface area (Å²) in [5.41, 5.74) is 2.49. The van der Waals surface area contributed by atoms with E-state index in [1.54, 1.807) is 42.5 Å². The Balaban J connectivity index is 2.21. The summed E-state index contributed by atoms with van der Waals surface area (Å²) in [5.74, 6) is -0.253. The molecule has 94 valence electrons. The topological polar surface area (TPSA) is 52.9 Å². The number of nitrogens with zero attached hydrogens (tertiary/aromatic N) is 1. The molecule has 1 N–H and O–H groups in total. The molecule has 0 saturated heterocycles. The Morgan fingerprint density at radius 3 is 2.74 bits per heavy atom. The molecule has 0 heterocycles. The lowest BCUT2D eigenvalue weighted by Crippen LogP contribution is -2.11. The summed E-state index contributed by atoms with van der Waals surface area (Å²) in [6.45, 7) is 1.88. The van der Waals surface area contributed by atoms with Crippen molar-refractivity contribution < 1.29 is 4.79 Å².